The van der Waals surface area contributed by atoms with Gasteiger partial charge >= 0.3 is 0 Å². The van der Waals surface area contributed by atoms with E-state index in [-0.39, 0.29) is 14.2 Å². The summed E-state index contributed by atoms with van der Waals surface area (Å²) in [4.78, 5) is 0. The molecule has 0 aliphatic heterocycles. The Morgan fingerprint density at radius 2 is 1.92 bits per heavy atom. The van der Waals surface area contributed by atoms with E-state index in [4.69, 9.17) is 11.6 Å². The summed E-state index contributed by atoms with van der Waals surface area (Å²) in [5.41, 5.74) is -0.361. The summed E-state index contributed by atoms with van der Waals surface area (Å²) >= 11 is 7.14. The lowest BCUT2D eigenvalue weighted by molar-refractivity contribution is 0.150. The Balaban J connectivity index is 3.28. The minimum atomic E-state index is -2.69. The van der Waals surface area contributed by atoms with Crippen LogP contribution >= 0.6 is 34.2 Å². The highest BCUT2D eigenvalue weighted by atomic mass is 127. The molecule has 0 heterocycles. The second kappa shape index (κ2) is 3.83. The Morgan fingerprint density at radius 3 is 2.42 bits per heavy atom. The molecular weight excluding hydrogens is 303 g/mol. The van der Waals surface area contributed by atoms with E-state index in [1.165, 1.54) is 0 Å². The fraction of sp³-hybridized carbons (Fsp3) is 0.143. The molecule has 0 aromatic heterocycles. The molecule has 1 aromatic carbocycles. The first-order valence-corrected chi connectivity index (χ1v) is 4.40. The average molecular weight is 306 g/mol. The Hall–Kier alpha value is 0.0300. The van der Waals surface area contributed by atoms with Gasteiger partial charge in [0.15, 0.2) is 0 Å². The second-order valence-corrected chi connectivity index (χ2v) is 3.58. The normalized spacial score (nSPS) is 10.8. The summed E-state index contributed by atoms with van der Waals surface area (Å²) < 4.78 is 37.1. The van der Waals surface area contributed by atoms with Gasteiger partial charge in [-0.2, -0.15) is 0 Å². The van der Waals surface area contributed by atoms with Crippen LogP contribution in [0.3, 0.4) is 0 Å². The molecule has 0 bridgehead atoms. The molecule has 0 radical (unpaired) electrons. The summed E-state index contributed by atoms with van der Waals surface area (Å²) in [6, 6.07) is 1.80. The maximum absolute atomic E-state index is 12.5. The highest BCUT2D eigenvalue weighted by molar-refractivity contribution is 14.1. The zero-order valence-electron chi connectivity index (χ0n) is 5.62. The third-order valence-corrected chi connectivity index (χ3v) is 3.08. The van der Waals surface area contributed by atoms with Gasteiger partial charge in [0.05, 0.1) is 5.02 Å². The van der Waals surface area contributed by atoms with Crippen molar-refractivity contribution in [3.05, 3.63) is 32.1 Å². The molecule has 0 saturated carbocycles. The van der Waals surface area contributed by atoms with Crippen LogP contribution in [0.25, 0.3) is 0 Å². The molecule has 0 atom stereocenters. The van der Waals surface area contributed by atoms with Crippen molar-refractivity contribution in [2.24, 2.45) is 0 Å². The molecule has 0 amide bonds. The van der Waals surface area contributed by atoms with E-state index < -0.39 is 12.2 Å². The molecule has 0 saturated heterocycles. The standard InChI is InChI=1S/C7H3ClF3I/c8-5-2-3(9)1-4(6(5)12)7(10)11/h1-2,7H. The van der Waals surface area contributed by atoms with Gasteiger partial charge in [-0.05, 0) is 34.7 Å². The summed E-state index contributed by atoms with van der Waals surface area (Å²) in [5.74, 6) is -0.740. The molecular formula is C7H3ClF3I. The number of alkyl halides is 2. The van der Waals surface area contributed by atoms with Crippen molar-refractivity contribution < 1.29 is 13.2 Å². The van der Waals surface area contributed by atoms with Crippen LogP contribution in [-0.4, -0.2) is 0 Å². The van der Waals surface area contributed by atoms with Crippen LogP contribution in [0.4, 0.5) is 13.2 Å². The van der Waals surface area contributed by atoms with Crippen LogP contribution in [0.15, 0.2) is 12.1 Å². The predicted octanol–water partition coefficient (Wildman–Crippen LogP) is 4.02. The van der Waals surface area contributed by atoms with Crippen LogP contribution in [0.5, 0.6) is 0 Å². The molecule has 0 fully saturated rings. The van der Waals surface area contributed by atoms with E-state index in [0.717, 1.165) is 12.1 Å². The maximum Gasteiger partial charge on any atom is 0.265 e. The van der Waals surface area contributed by atoms with Gasteiger partial charge in [0.2, 0.25) is 0 Å². The van der Waals surface area contributed by atoms with Crippen molar-refractivity contribution in [1.82, 2.24) is 0 Å². The van der Waals surface area contributed by atoms with E-state index in [1.807, 2.05) is 0 Å². The number of halogens is 5. The largest absolute Gasteiger partial charge is 0.265 e. The number of rotatable bonds is 1. The smallest absolute Gasteiger partial charge is 0.207 e. The van der Waals surface area contributed by atoms with Gasteiger partial charge in [-0.3, -0.25) is 0 Å². The molecule has 0 nitrogen and oxygen atoms in total. The highest BCUT2D eigenvalue weighted by Gasteiger charge is 2.15. The van der Waals surface area contributed by atoms with E-state index in [0.29, 0.717) is 0 Å². The van der Waals surface area contributed by atoms with E-state index in [9.17, 15) is 13.2 Å². The molecule has 66 valence electrons. The van der Waals surface area contributed by atoms with Crippen molar-refractivity contribution >= 4 is 34.2 Å². The zero-order valence-corrected chi connectivity index (χ0v) is 8.54. The molecule has 0 aliphatic rings. The SMILES string of the molecule is Fc1cc(Cl)c(I)c(C(F)F)c1. The van der Waals surface area contributed by atoms with Crippen LogP contribution in [0.2, 0.25) is 5.02 Å². The maximum atomic E-state index is 12.5. The molecule has 1 aromatic rings. The number of hydrogen-bond donors (Lipinski definition) is 0. The van der Waals surface area contributed by atoms with Gasteiger partial charge in [0, 0.05) is 9.13 Å². The second-order valence-electron chi connectivity index (χ2n) is 2.09. The third kappa shape index (κ3) is 2.04. The number of benzene rings is 1. The summed E-state index contributed by atoms with van der Waals surface area (Å²) in [5, 5.41) is 0.0194. The van der Waals surface area contributed by atoms with Crippen molar-refractivity contribution in [2.45, 2.75) is 6.43 Å². The highest BCUT2D eigenvalue weighted by Crippen LogP contribution is 2.30. The molecule has 1 rings (SSSR count). The average Bonchev–Trinajstić information content (AvgIpc) is 1.96. The Morgan fingerprint density at radius 1 is 1.33 bits per heavy atom. The summed E-state index contributed by atoms with van der Waals surface area (Å²) in [6.45, 7) is 0. The topological polar surface area (TPSA) is 0 Å². The molecule has 0 unspecified atom stereocenters. The molecule has 0 spiro atoms. The van der Waals surface area contributed by atoms with Crippen molar-refractivity contribution in [3.63, 3.8) is 0 Å². The Bertz CT molecular complexity index is 301. The predicted molar refractivity (Wildman–Crippen MR) is 49.1 cm³/mol. The van der Waals surface area contributed by atoms with Gasteiger partial charge < -0.3 is 0 Å². The fourth-order valence-corrected chi connectivity index (χ4v) is 1.49. The summed E-state index contributed by atoms with van der Waals surface area (Å²) in [7, 11) is 0. The summed E-state index contributed by atoms with van der Waals surface area (Å²) in [6.07, 6.45) is -2.69. The quantitative estimate of drug-likeness (QED) is 0.543. The van der Waals surface area contributed by atoms with E-state index in [1.54, 1.807) is 22.6 Å². The first kappa shape index (κ1) is 10.1. The Kier molecular flexibility index (Phi) is 3.22. The van der Waals surface area contributed by atoms with Crippen LogP contribution in [0, 0.1) is 9.39 Å². The van der Waals surface area contributed by atoms with E-state index in [2.05, 4.69) is 0 Å². The van der Waals surface area contributed by atoms with Crippen molar-refractivity contribution in [3.8, 4) is 0 Å². The van der Waals surface area contributed by atoms with Gasteiger partial charge in [0.1, 0.15) is 5.82 Å². The lowest BCUT2D eigenvalue weighted by atomic mass is 10.2. The first-order chi connectivity index (χ1) is 5.52. The minimum Gasteiger partial charge on any atom is -0.207 e. The van der Waals surface area contributed by atoms with Gasteiger partial charge in [0.25, 0.3) is 6.43 Å². The first-order valence-electron chi connectivity index (χ1n) is 2.95. The Labute approximate surface area is 85.9 Å². The lowest BCUT2D eigenvalue weighted by Crippen LogP contribution is -1.91. The lowest BCUT2D eigenvalue weighted by Gasteiger charge is -2.04. The minimum absolute atomic E-state index is 0.0194. The number of hydrogen-bond acceptors (Lipinski definition) is 0. The van der Waals surface area contributed by atoms with Crippen molar-refractivity contribution in [2.75, 3.05) is 0 Å². The van der Waals surface area contributed by atoms with Gasteiger partial charge in [-0.1, -0.05) is 11.6 Å². The van der Waals surface area contributed by atoms with E-state index >= 15 is 0 Å². The third-order valence-electron chi connectivity index (χ3n) is 1.26. The van der Waals surface area contributed by atoms with Gasteiger partial charge in [-0.25, -0.2) is 13.2 Å². The van der Waals surface area contributed by atoms with Crippen LogP contribution < -0.4 is 0 Å². The molecule has 5 heteroatoms. The van der Waals surface area contributed by atoms with Crippen molar-refractivity contribution in [1.29, 1.82) is 0 Å². The monoisotopic (exact) mass is 306 g/mol. The molecule has 12 heavy (non-hydrogen) atoms. The zero-order chi connectivity index (χ0) is 9.30. The molecule has 0 N–H and O–H groups in total. The fourth-order valence-electron chi connectivity index (χ4n) is 0.735. The van der Waals surface area contributed by atoms with Gasteiger partial charge in [-0.15, -0.1) is 0 Å². The van der Waals surface area contributed by atoms with Crippen LogP contribution in [-0.2, 0) is 0 Å². The molecule has 0 aliphatic carbocycles. The van der Waals surface area contributed by atoms with Crippen LogP contribution in [0.1, 0.15) is 12.0 Å².